The first-order chi connectivity index (χ1) is 5.66. The van der Waals surface area contributed by atoms with E-state index in [0.29, 0.717) is 17.8 Å². The molecule has 0 aromatic carbocycles. The second kappa shape index (κ2) is 4.24. The summed E-state index contributed by atoms with van der Waals surface area (Å²) >= 11 is 0. The number of hydrogen-bond acceptors (Lipinski definition) is 2. The van der Waals surface area contributed by atoms with E-state index in [1.165, 1.54) is 0 Å². The molecule has 0 bridgehead atoms. The van der Waals surface area contributed by atoms with Crippen LogP contribution in [0.3, 0.4) is 0 Å². The van der Waals surface area contributed by atoms with Gasteiger partial charge in [0.15, 0.2) is 6.29 Å². The van der Waals surface area contributed by atoms with Crippen LogP contribution >= 0.6 is 0 Å². The van der Waals surface area contributed by atoms with Gasteiger partial charge >= 0.3 is 0 Å². The zero-order chi connectivity index (χ0) is 9.14. The van der Waals surface area contributed by atoms with Crippen molar-refractivity contribution in [2.45, 2.75) is 34.0 Å². The highest BCUT2D eigenvalue weighted by Crippen LogP contribution is 2.33. The van der Waals surface area contributed by atoms with Crippen molar-refractivity contribution in [1.82, 2.24) is 0 Å². The molecule has 1 rings (SSSR count). The largest absolute Gasteiger partial charge is 0.353 e. The summed E-state index contributed by atoms with van der Waals surface area (Å²) in [6.07, 6.45) is 0.0463. The Morgan fingerprint density at radius 3 is 2.67 bits per heavy atom. The van der Waals surface area contributed by atoms with Crippen LogP contribution in [-0.4, -0.2) is 19.5 Å². The van der Waals surface area contributed by atoms with E-state index < -0.39 is 0 Å². The van der Waals surface area contributed by atoms with E-state index in [4.69, 9.17) is 9.47 Å². The minimum Gasteiger partial charge on any atom is -0.353 e. The normalized spacial score (nSPS) is 36.2. The van der Waals surface area contributed by atoms with Crippen LogP contribution in [0.1, 0.15) is 27.7 Å². The summed E-state index contributed by atoms with van der Waals surface area (Å²) in [5.41, 5.74) is 0. The van der Waals surface area contributed by atoms with E-state index in [1.807, 2.05) is 6.92 Å². The molecule has 3 atom stereocenters. The molecule has 2 heteroatoms. The average Bonchev–Trinajstić information content (AvgIpc) is 2.32. The number of rotatable bonds is 3. The van der Waals surface area contributed by atoms with Crippen LogP contribution in [0.5, 0.6) is 0 Å². The van der Waals surface area contributed by atoms with Crippen molar-refractivity contribution in [3.05, 3.63) is 0 Å². The third kappa shape index (κ3) is 1.99. The maximum absolute atomic E-state index is 5.56. The van der Waals surface area contributed by atoms with Crippen molar-refractivity contribution < 1.29 is 9.47 Å². The number of ether oxygens (including phenoxy) is 2. The highest BCUT2D eigenvalue weighted by molar-refractivity contribution is 4.78. The molecule has 2 nitrogen and oxygen atoms in total. The van der Waals surface area contributed by atoms with Crippen molar-refractivity contribution in [2.75, 3.05) is 13.2 Å². The Morgan fingerprint density at radius 2 is 2.17 bits per heavy atom. The van der Waals surface area contributed by atoms with Gasteiger partial charge in [-0.15, -0.1) is 0 Å². The van der Waals surface area contributed by atoms with E-state index in [1.54, 1.807) is 0 Å². The first kappa shape index (κ1) is 10.0. The summed E-state index contributed by atoms with van der Waals surface area (Å²) < 4.78 is 11.1. The van der Waals surface area contributed by atoms with Gasteiger partial charge in [-0.25, -0.2) is 0 Å². The minimum absolute atomic E-state index is 0.0463. The second-order valence-electron chi connectivity index (χ2n) is 3.96. The Balaban J connectivity index is 2.51. The highest BCUT2D eigenvalue weighted by Gasteiger charge is 2.36. The van der Waals surface area contributed by atoms with Gasteiger partial charge in [0.2, 0.25) is 0 Å². The van der Waals surface area contributed by atoms with Crippen molar-refractivity contribution in [1.29, 1.82) is 0 Å². The third-order valence-corrected chi connectivity index (χ3v) is 2.60. The fraction of sp³-hybridized carbons (Fsp3) is 1.00. The summed E-state index contributed by atoms with van der Waals surface area (Å²) in [6, 6.07) is 0. The number of hydrogen-bond donors (Lipinski definition) is 0. The van der Waals surface area contributed by atoms with E-state index in [9.17, 15) is 0 Å². The molecular formula is C10H20O2. The molecule has 0 aromatic heterocycles. The van der Waals surface area contributed by atoms with Crippen LogP contribution in [0, 0.1) is 17.8 Å². The molecule has 1 fully saturated rings. The molecular weight excluding hydrogens is 152 g/mol. The molecule has 0 unspecified atom stereocenters. The lowest BCUT2D eigenvalue weighted by molar-refractivity contribution is -0.134. The first-order valence-electron chi connectivity index (χ1n) is 4.90. The average molecular weight is 172 g/mol. The minimum atomic E-state index is 0.0463. The molecule has 0 aliphatic carbocycles. The van der Waals surface area contributed by atoms with Crippen LogP contribution in [0.25, 0.3) is 0 Å². The molecule has 0 radical (unpaired) electrons. The summed E-state index contributed by atoms with van der Waals surface area (Å²) in [4.78, 5) is 0. The zero-order valence-electron chi connectivity index (χ0n) is 8.54. The SMILES string of the molecule is CCO[C@H]1OC[C@@H](C)[C@H]1C(C)C. The second-order valence-corrected chi connectivity index (χ2v) is 3.96. The maximum Gasteiger partial charge on any atom is 0.160 e. The Bertz CT molecular complexity index is 132. The summed E-state index contributed by atoms with van der Waals surface area (Å²) in [7, 11) is 0. The molecule has 1 heterocycles. The van der Waals surface area contributed by atoms with Crippen molar-refractivity contribution in [2.24, 2.45) is 17.8 Å². The molecule has 1 aliphatic rings. The van der Waals surface area contributed by atoms with Gasteiger partial charge in [0.1, 0.15) is 0 Å². The van der Waals surface area contributed by atoms with Gasteiger partial charge < -0.3 is 9.47 Å². The van der Waals surface area contributed by atoms with Gasteiger partial charge in [-0.05, 0) is 18.8 Å². The smallest absolute Gasteiger partial charge is 0.160 e. The van der Waals surface area contributed by atoms with Crippen molar-refractivity contribution >= 4 is 0 Å². The maximum atomic E-state index is 5.56. The lowest BCUT2D eigenvalue weighted by atomic mass is 9.86. The standard InChI is InChI=1S/C10H20O2/c1-5-11-10-9(7(2)3)8(4)6-12-10/h7-10H,5-6H2,1-4H3/t8-,9-,10+/m1/s1. The molecule has 0 amide bonds. The molecule has 1 aliphatic heterocycles. The fourth-order valence-corrected chi connectivity index (χ4v) is 2.03. The van der Waals surface area contributed by atoms with Crippen LogP contribution in [-0.2, 0) is 9.47 Å². The summed E-state index contributed by atoms with van der Waals surface area (Å²) in [6.45, 7) is 10.3. The molecule has 0 spiro atoms. The molecule has 0 aromatic rings. The van der Waals surface area contributed by atoms with Gasteiger partial charge in [0.05, 0.1) is 6.61 Å². The predicted molar refractivity (Wildman–Crippen MR) is 48.9 cm³/mol. The molecule has 72 valence electrons. The van der Waals surface area contributed by atoms with Crippen LogP contribution in [0.4, 0.5) is 0 Å². The lowest BCUT2D eigenvalue weighted by Crippen LogP contribution is -2.26. The van der Waals surface area contributed by atoms with Crippen molar-refractivity contribution in [3.63, 3.8) is 0 Å². The van der Waals surface area contributed by atoms with E-state index in [-0.39, 0.29) is 6.29 Å². The monoisotopic (exact) mass is 172 g/mol. The molecule has 0 saturated carbocycles. The summed E-state index contributed by atoms with van der Waals surface area (Å²) in [5, 5.41) is 0. The predicted octanol–water partition coefficient (Wildman–Crippen LogP) is 2.29. The molecule has 12 heavy (non-hydrogen) atoms. The van der Waals surface area contributed by atoms with Crippen LogP contribution < -0.4 is 0 Å². The van der Waals surface area contributed by atoms with E-state index >= 15 is 0 Å². The van der Waals surface area contributed by atoms with Crippen LogP contribution in [0.2, 0.25) is 0 Å². The van der Waals surface area contributed by atoms with E-state index in [2.05, 4.69) is 20.8 Å². The van der Waals surface area contributed by atoms with Gasteiger partial charge in [0, 0.05) is 12.5 Å². The Morgan fingerprint density at radius 1 is 1.50 bits per heavy atom. The Hall–Kier alpha value is -0.0800. The first-order valence-corrected chi connectivity index (χ1v) is 4.90. The Labute approximate surface area is 75.2 Å². The molecule has 1 saturated heterocycles. The topological polar surface area (TPSA) is 18.5 Å². The highest BCUT2D eigenvalue weighted by atomic mass is 16.7. The third-order valence-electron chi connectivity index (χ3n) is 2.60. The van der Waals surface area contributed by atoms with Gasteiger partial charge in [-0.2, -0.15) is 0 Å². The molecule has 0 N–H and O–H groups in total. The van der Waals surface area contributed by atoms with Gasteiger partial charge in [-0.3, -0.25) is 0 Å². The fourth-order valence-electron chi connectivity index (χ4n) is 2.03. The van der Waals surface area contributed by atoms with Crippen LogP contribution in [0.15, 0.2) is 0 Å². The van der Waals surface area contributed by atoms with Gasteiger partial charge in [0.25, 0.3) is 0 Å². The van der Waals surface area contributed by atoms with Gasteiger partial charge in [-0.1, -0.05) is 20.8 Å². The zero-order valence-corrected chi connectivity index (χ0v) is 8.54. The Kier molecular flexibility index (Phi) is 3.53. The summed E-state index contributed by atoms with van der Waals surface area (Å²) in [5.74, 6) is 1.87. The lowest BCUT2D eigenvalue weighted by Gasteiger charge is -2.23. The van der Waals surface area contributed by atoms with E-state index in [0.717, 1.165) is 13.2 Å². The van der Waals surface area contributed by atoms with Crippen molar-refractivity contribution in [3.8, 4) is 0 Å². The quantitative estimate of drug-likeness (QED) is 0.650.